The summed E-state index contributed by atoms with van der Waals surface area (Å²) in [7, 11) is 1.62. The molecule has 0 bridgehead atoms. The summed E-state index contributed by atoms with van der Waals surface area (Å²) in [6.07, 6.45) is 4.97. The van der Waals surface area contributed by atoms with Crippen molar-refractivity contribution in [1.29, 1.82) is 0 Å². The van der Waals surface area contributed by atoms with E-state index in [-0.39, 0.29) is 0 Å². The van der Waals surface area contributed by atoms with Gasteiger partial charge in [-0.1, -0.05) is 24.4 Å². The fourth-order valence-corrected chi connectivity index (χ4v) is 2.79. The third kappa shape index (κ3) is 2.45. The number of hydrogen-bond acceptors (Lipinski definition) is 3. The topological polar surface area (TPSA) is 50.8 Å². The molecule has 0 amide bonds. The average molecular weight is 278 g/mol. The first-order valence-electron chi connectivity index (χ1n) is 6.54. The highest BCUT2D eigenvalue weighted by molar-refractivity contribution is 6.30. The van der Waals surface area contributed by atoms with Crippen molar-refractivity contribution in [3.8, 4) is 17.1 Å². The minimum atomic E-state index is 0.527. The largest absolute Gasteiger partial charge is 0.496 e. The summed E-state index contributed by atoms with van der Waals surface area (Å²) in [5, 5.41) is 8.02. The van der Waals surface area contributed by atoms with Crippen molar-refractivity contribution in [3.05, 3.63) is 29.0 Å². The second-order valence-corrected chi connectivity index (χ2v) is 5.31. The van der Waals surface area contributed by atoms with E-state index in [4.69, 9.17) is 16.3 Å². The fraction of sp³-hybridized carbons (Fsp3) is 0.429. The lowest BCUT2D eigenvalue weighted by atomic mass is 10.1. The Morgan fingerprint density at radius 2 is 2.11 bits per heavy atom. The molecular weight excluding hydrogens is 262 g/mol. The number of benzene rings is 1. The van der Waals surface area contributed by atoms with Gasteiger partial charge in [0, 0.05) is 10.9 Å². The zero-order valence-electron chi connectivity index (χ0n) is 10.8. The van der Waals surface area contributed by atoms with Crippen LogP contribution in [0.1, 0.15) is 37.4 Å². The highest BCUT2D eigenvalue weighted by Gasteiger charge is 2.21. The Morgan fingerprint density at radius 3 is 2.84 bits per heavy atom. The van der Waals surface area contributed by atoms with Gasteiger partial charge in [-0.05, 0) is 31.0 Å². The van der Waals surface area contributed by atoms with Crippen LogP contribution in [0.4, 0.5) is 0 Å². The van der Waals surface area contributed by atoms with Crippen LogP contribution in [0.3, 0.4) is 0 Å². The van der Waals surface area contributed by atoms with E-state index in [0.29, 0.717) is 22.5 Å². The molecule has 4 nitrogen and oxygen atoms in total. The average Bonchev–Trinajstić information content (AvgIpc) is 3.09. The fourth-order valence-electron chi connectivity index (χ4n) is 2.63. The molecule has 5 heteroatoms. The molecule has 1 aliphatic rings. The third-order valence-corrected chi connectivity index (χ3v) is 3.88. The number of ether oxygens (including phenoxy) is 1. The molecule has 2 aromatic rings. The van der Waals surface area contributed by atoms with Crippen molar-refractivity contribution >= 4 is 11.6 Å². The molecule has 0 unspecified atom stereocenters. The minimum absolute atomic E-state index is 0.527. The lowest BCUT2D eigenvalue weighted by molar-refractivity contribution is 0.416. The number of H-pyrrole nitrogens is 1. The predicted molar refractivity (Wildman–Crippen MR) is 74.6 cm³/mol. The van der Waals surface area contributed by atoms with Crippen molar-refractivity contribution in [3.63, 3.8) is 0 Å². The van der Waals surface area contributed by atoms with Gasteiger partial charge in [0.05, 0.1) is 12.7 Å². The molecule has 1 aromatic carbocycles. The normalized spacial score (nSPS) is 15.9. The summed E-state index contributed by atoms with van der Waals surface area (Å²) < 4.78 is 5.34. The third-order valence-electron chi connectivity index (χ3n) is 3.65. The maximum atomic E-state index is 5.96. The van der Waals surface area contributed by atoms with Crippen LogP contribution in [0.15, 0.2) is 18.2 Å². The van der Waals surface area contributed by atoms with Gasteiger partial charge in [-0.2, -0.15) is 5.10 Å². The standard InChI is InChI=1S/C14H16ClN3O/c1-19-12-8-10(15)6-7-11(12)14-16-13(17-18-14)9-4-2-3-5-9/h6-9H,2-5H2,1H3,(H,16,17,18). The van der Waals surface area contributed by atoms with Crippen molar-refractivity contribution < 1.29 is 4.74 Å². The van der Waals surface area contributed by atoms with Crippen molar-refractivity contribution in [2.24, 2.45) is 0 Å². The summed E-state index contributed by atoms with van der Waals surface area (Å²) >= 11 is 5.96. The Bertz CT molecular complexity index is 576. The van der Waals surface area contributed by atoms with E-state index in [0.717, 1.165) is 11.4 Å². The van der Waals surface area contributed by atoms with Crippen molar-refractivity contribution in [1.82, 2.24) is 15.2 Å². The van der Waals surface area contributed by atoms with Crippen molar-refractivity contribution in [2.45, 2.75) is 31.6 Å². The molecule has 0 radical (unpaired) electrons. The van der Waals surface area contributed by atoms with E-state index in [1.165, 1.54) is 25.7 Å². The van der Waals surface area contributed by atoms with Crippen molar-refractivity contribution in [2.75, 3.05) is 7.11 Å². The molecule has 100 valence electrons. The highest BCUT2D eigenvalue weighted by Crippen LogP contribution is 2.34. The SMILES string of the molecule is COc1cc(Cl)ccc1-c1n[nH]c(C2CCCC2)n1. The van der Waals surface area contributed by atoms with Crippen LogP contribution in [-0.4, -0.2) is 22.3 Å². The molecular formula is C14H16ClN3O. The molecule has 1 N–H and O–H groups in total. The molecule has 1 aromatic heterocycles. The monoisotopic (exact) mass is 277 g/mol. The Morgan fingerprint density at radius 1 is 1.32 bits per heavy atom. The van der Waals surface area contributed by atoms with Crippen LogP contribution >= 0.6 is 11.6 Å². The first-order valence-corrected chi connectivity index (χ1v) is 6.92. The van der Waals surface area contributed by atoms with Crippen LogP contribution in [0, 0.1) is 0 Å². The zero-order valence-corrected chi connectivity index (χ0v) is 11.6. The van der Waals surface area contributed by atoms with E-state index in [1.807, 2.05) is 12.1 Å². The van der Waals surface area contributed by atoms with E-state index in [2.05, 4.69) is 15.2 Å². The van der Waals surface area contributed by atoms with Gasteiger partial charge in [-0.25, -0.2) is 4.98 Å². The molecule has 0 spiro atoms. The number of aromatic amines is 1. The number of aromatic nitrogens is 3. The van der Waals surface area contributed by atoms with E-state index in [9.17, 15) is 0 Å². The molecule has 0 atom stereocenters. The van der Waals surface area contributed by atoms with E-state index >= 15 is 0 Å². The summed E-state index contributed by atoms with van der Waals surface area (Å²) in [4.78, 5) is 4.61. The van der Waals surface area contributed by atoms with Gasteiger partial charge in [0.2, 0.25) is 0 Å². The molecule has 0 saturated heterocycles. The Balaban J connectivity index is 1.93. The molecule has 19 heavy (non-hydrogen) atoms. The van der Waals surface area contributed by atoms with Crippen LogP contribution in [0.25, 0.3) is 11.4 Å². The highest BCUT2D eigenvalue weighted by atomic mass is 35.5. The maximum absolute atomic E-state index is 5.96. The quantitative estimate of drug-likeness (QED) is 0.928. The lowest BCUT2D eigenvalue weighted by Crippen LogP contribution is -1.95. The van der Waals surface area contributed by atoms with E-state index < -0.39 is 0 Å². The molecule has 3 rings (SSSR count). The second-order valence-electron chi connectivity index (χ2n) is 4.87. The van der Waals surface area contributed by atoms with Gasteiger partial charge in [0.1, 0.15) is 11.6 Å². The Kier molecular flexibility index (Phi) is 3.42. The maximum Gasteiger partial charge on any atom is 0.184 e. The molecule has 1 fully saturated rings. The van der Waals surface area contributed by atoms with Crippen LogP contribution in [0.5, 0.6) is 5.75 Å². The number of rotatable bonds is 3. The van der Waals surface area contributed by atoms with Crippen LogP contribution in [0.2, 0.25) is 5.02 Å². The first kappa shape index (κ1) is 12.5. The molecule has 1 heterocycles. The number of nitrogens with one attached hydrogen (secondary N) is 1. The lowest BCUT2D eigenvalue weighted by Gasteiger charge is -2.05. The minimum Gasteiger partial charge on any atom is -0.496 e. The number of hydrogen-bond donors (Lipinski definition) is 1. The van der Waals surface area contributed by atoms with Gasteiger partial charge in [0.15, 0.2) is 5.82 Å². The van der Waals surface area contributed by atoms with Gasteiger partial charge in [-0.3, -0.25) is 5.10 Å². The second kappa shape index (κ2) is 5.21. The Labute approximate surface area is 117 Å². The molecule has 1 saturated carbocycles. The summed E-state index contributed by atoms with van der Waals surface area (Å²) in [6, 6.07) is 5.50. The van der Waals surface area contributed by atoms with Crippen LogP contribution < -0.4 is 4.74 Å². The van der Waals surface area contributed by atoms with Crippen LogP contribution in [-0.2, 0) is 0 Å². The van der Waals surface area contributed by atoms with Gasteiger partial charge < -0.3 is 4.74 Å². The van der Waals surface area contributed by atoms with Gasteiger partial charge in [0.25, 0.3) is 0 Å². The summed E-state index contributed by atoms with van der Waals surface area (Å²) in [5.74, 6) is 2.89. The molecule has 1 aliphatic carbocycles. The smallest absolute Gasteiger partial charge is 0.184 e. The van der Waals surface area contributed by atoms with Gasteiger partial charge >= 0.3 is 0 Å². The number of nitrogens with zero attached hydrogens (tertiary/aromatic N) is 2. The number of halogens is 1. The predicted octanol–water partition coefficient (Wildman–Crippen LogP) is 3.79. The van der Waals surface area contributed by atoms with Gasteiger partial charge in [-0.15, -0.1) is 0 Å². The first-order chi connectivity index (χ1) is 9.28. The summed E-state index contributed by atoms with van der Waals surface area (Å²) in [6.45, 7) is 0. The van der Waals surface area contributed by atoms with E-state index in [1.54, 1.807) is 13.2 Å². The zero-order chi connectivity index (χ0) is 13.2. The summed E-state index contributed by atoms with van der Waals surface area (Å²) in [5.41, 5.74) is 0.868. The molecule has 0 aliphatic heterocycles. The number of methoxy groups -OCH3 is 1. The Hall–Kier alpha value is -1.55.